The van der Waals surface area contributed by atoms with Gasteiger partial charge in [0.05, 0.1) is 16.8 Å². The van der Waals surface area contributed by atoms with Gasteiger partial charge in [-0.2, -0.15) is 26.3 Å². The topological polar surface area (TPSA) is 49.8 Å². The highest BCUT2D eigenvalue weighted by Crippen LogP contribution is 2.36. The van der Waals surface area contributed by atoms with Gasteiger partial charge in [0.2, 0.25) is 6.10 Å². The Labute approximate surface area is 119 Å². The molecular weight excluding hydrogens is 320 g/mol. The molecule has 1 N–H and O–H groups in total. The van der Waals surface area contributed by atoms with Gasteiger partial charge < -0.3 is 5.11 Å². The van der Waals surface area contributed by atoms with E-state index in [0.29, 0.717) is 23.4 Å². The molecule has 2 rings (SSSR count). The van der Waals surface area contributed by atoms with Crippen molar-refractivity contribution in [3.63, 3.8) is 0 Å². The smallest absolute Gasteiger partial charge is 0.421 e. The van der Waals surface area contributed by atoms with Gasteiger partial charge in [0.15, 0.2) is 0 Å². The third-order valence-corrected chi connectivity index (χ3v) is 2.75. The number of carbonyl (C=O) groups is 1. The van der Waals surface area contributed by atoms with Crippen molar-refractivity contribution in [1.29, 1.82) is 0 Å². The van der Waals surface area contributed by atoms with Gasteiger partial charge >= 0.3 is 18.3 Å². The zero-order valence-corrected chi connectivity index (χ0v) is 10.4. The lowest BCUT2D eigenvalue weighted by molar-refractivity contribution is -0.204. The number of hydroxylamine groups is 1. The van der Waals surface area contributed by atoms with Crippen LogP contribution in [-0.4, -0.2) is 23.4 Å². The number of rotatable bonds is 2. The quantitative estimate of drug-likeness (QED) is 0.847. The van der Waals surface area contributed by atoms with E-state index in [2.05, 4.69) is 4.84 Å². The van der Waals surface area contributed by atoms with Crippen LogP contribution in [0.3, 0.4) is 0 Å². The maximum absolute atomic E-state index is 12.7. The molecule has 120 valence electrons. The van der Waals surface area contributed by atoms with Gasteiger partial charge in [0.1, 0.15) is 0 Å². The zero-order chi connectivity index (χ0) is 16.7. The summed E-state index contributed by atoms with van der Waals surface area (Å²) in [4.78, 5) is 15.3. The fourth-order valence-corrected chi connectivity index (χ4v) is 1.73. The van der Waals surface area contributed by atoms with Crippen molar-refractivity contribution in [1.82, 2.24) is 0 Å². The van der Waals surface area contributed by atoms with Crippen LogP contribution in [0.1, 0.15) is 5.56 Å². The number of carboxylic acid groups (broad SMARTS) is 1. The van der Waals surface area contributed by atoms with E-state index in [1.165, 1.54) is 0 Å². The first kappa shape index (κ1) is 16.1. The van der Waals surface area contributed by atoms with Crippen LogP contribution in [-0.2, 0) is 15.8 Å². The summed E-state index contributed by atoms with van der Waals surface area (Å²) in [6, 6.07) is 3.04. The Balaban J connectivity index is 2.29. The number of hydrogen-bond acceptors (Lipinski definition) is 3. The molecule has 0 radical (unpaired) electrons. The number of halogens is 6. The normalized spacial score (nSPS) is 19.3. The monoisotopic (exact) mass is 327 g/mol. The molecule has 1 aromatic rings. The maximum Gasteiger partial charge on any atom is 0.421 e. The molecule has 22 heavy (non-hydrogen) atoms. The first-order valence-electron chi connectivity index (χ1n) is 5.65. The SMILES string of the molecule is O=C(O)C1=CN(c2ccc(C(F)(F)F)cc2)O[C@H]1C(F)(F)F. The van der Waals surface area contributed by atoms with Crippen molar-refractivity contribution in [3.8, 4) is 0 Å². The van der Waals surface area contributed by atoms with Crippen LogP contribution in [0.2, 0.25) is 0 Å². The second-order valence-electron chi connectivity index (χ2n) is 4.29. The molecule has 0 bridgehead atoms. The summed E-state index contributed by atoms with van der Waals surface area (Å²) in [6.07, 6.45) is -11.7. The lowest BCUT2D eigenvalue weighted by atomic mass is 10.1. The van der Waals surface area contributed by atoms with E-state index in [-0.39, 0.29) is 5.69 Å². The van der Waals surface area contributed by atoms with Gasteiger partial charge in [-0.05, 0) is 24.3 Å². The van der Waals surface area contributed by atoms with Crippen LogP contribution < -0.4 is 5.06 Å². The summed E-state index contributed by atoms with van der Waals surface area (Å²) in [6.45, 7) is 0. The van der Waals surface area contributed by atoms with Crippen LogP contribution in [0.5, 0.6) is 0 Å². The standard InChI is InChI=1S/C12H7F6NO3/c13-11(14,15)6-1-3-7(4-2-6)19-5-8(10(20)21)9(22-19)12(16,17)18/h1-5,9H,(H,20,21)/t9-/m1/s1. The number of nitrogens with zero attached hydrogens (tertiary/aromatic N) is 1. The molecular formula is C12H7F6NO3. The van der Waals surface area contributed by atoms with Crippen molar-refractivity contribution in [2.75, 3.05) is 5.06 Å². The minimum Gasteiger partial charge on any atom is -0.478 e. The molecule has 1 atom stereocenters. The van der Waals surface area contributed by atoms with E-state index in [1.807, 2.05) is 0 Å². The van der Waals surface area contributed by atoms with E-state index in [1.54, 1.807) is 0 Å². The van der Waals surface area contributed by atoms with Crippen LogP contribution in [0.15, 0.2) is 36.0 Å². The second kappa shape index (κ2) is 5.20. The van der Waals surface area contributed by atoms with Crippen molar-refractivity contribution in [3.05, 3.63) is 41.6 Å². The first-order valence-corrected chi connectivity index (χ1v) is 5.65. The highest BCUT2D eigenvalue weighted by Gasteiger charge is 2.50. The minimum atomic E-state index is -4.97. The van der Waals surface area contributed by atoms with Crippen LogP contribution in [0.4, 0.5) is 32.0 Å². The molecule has 0 aliphatic carbocycles. The Kier molecular flexibility index (Phi) is 3.81. The lowest BCUT2D eigenvalue weighted by Crippen LogP contribution is -2.35. The lowest BCUT2D eigenvalue weighted by Gasteiger charge is -2.20. The molecule has 0 aromatic heterocycles. The summed E-state index contributed by atoms with van der Waals surface area (Å²) in [5.74, 6) is -1.84. The highest BCUT2D eigenvalue weighted by molar-refractivity contribution is 5.89. The number of hydrogen-bond donors (Lipinski definition) is 1. The molecule has 0 amide bonds. The number of aliphatic carboxylic acids is 1. The second-order valence-corrected chi connectivity index (χ2v) is 4.29. The van der Waals surface area contributed by atoms with Crippen LogP contribution >= 0.6 is 0 Å². The summed E-state index contributed by atoms with van der Waals surface area (Å²) < 4.78 is 75.2. The maximum atomic E-state index is 12.7. The Hall–Kier alpha value is -2.23. The molecule has 10 heteroatoms. The number of benzene rings is 1. The molecule has 0 fully saturated rings. The first-order chi connectivity index (χ1) is 10.00. The predicted molar refractivity (Wildman–Crippen MR) is 60.6 cm³/mol. The fraction of sp³-hybridized carbons (Fsp3) is 0.250. The van der Waals surface area contributed by atoms with Crippen molar-refractivity contribution in [2.45, 2.75) is 18.5 Å². The molecule has 0 saturated carbocycles. The molecule has 4 nitrogen and oxygen atoms in total. The van der Waals surface area contributed by atoms with Crippen molar-refractivity contribution in [2.24, 2.45) is 0 Å². The Morgan fingerprint density at radius 1 is 1.09 bits per heavy atom. The predicted octanol–water partition coefficient (Wildman–Crippen LogP) is 3.36. The van der Waals surface area contributed by atoms with Gasteiger partial charge in [-0.15, -0.1) is 0 Å². The molecule has 1 aliphatic rings. The summed E-state index contributed by atoms with van der Waals surface area (Å²) in [7, 11) is 0. The van der Waals surface area contributed by atoms with Gasteiger partial charge in [-0.3, -0.25) is 4.84 Å². The Morgan fingerprint density at radius 3 is 2.00 bits per heavy atom. The Bertz CT molecular complexity index is 605. The van der Waals surface area contributed by atoms with E-state index in [0.717, 1.165) is 12.1 Å². The van der Waals surface area contributed by atoms with E-state index in [9.17, 15) is 31.1 Å². The molecule has 0 unspecified atom stereocenters. The number of anilines is 1. The fourth-order valence-electron chi connectivity index (χ4n) is 1.73. The Morgan fingerprint density at radius 2 is 1.64 bits per heavy atom. The average Bonchev–Trinajstić information content (AvgIpc) is 2.83. The molecule has 1 aromatic carbocycles. The van der Waals surface area contributed by atoms with E-state index in [4.69, 9.17) is 5.11 Å². The van der Waals surface area contributed by atoms with Gasteiger partial charge in [0.25, 0.3) is 0 Å². The van der Waals surface area contributed by atoms with Crippen LogP contribution in [0, 0.1) is 0 Å². The minimum absolute atomic E-state index is 0.168. The van der Waals surface area contributed by atoms with E-state index >= 15 is 0 Å². The molecule has 1 heterocycles. The van der Waals surface area contributed by atoms with Crippen molar-refractivity contribution >= 4 is 11.7 Å². The zero-order valence-electron chi connectivity index (χ0n) is 10.4. The number of carboxylic acids is 1. The van der Waals surface area contributed by atoms with Crippen LogP contribution in [0.25, 0.3) is 0 Å². The summed E-state index contributed by atoms with van der Waals surface area (Å²) in [5.41, 5.74) is -2.23. The van der Waals surface area contributed by atoms with Gasteiger partial charge in [-0.25, -0.2) is 9.86 Å². The van der Waals surface area contributed by atoms with Gasteiger partial charge in [0, 0.05) is 6.20 Å². The molecule has 0 spiro atoms. The van der Waals surface area contributed by atoms with Gasteiger partial charge in [-0.1, -0.05) is 0 Å². The largest absolute Gasteiger partial charge is 0.478 e. The summed E-state index contributed by atoms with van der Waals surface area (Å²) >= 11 is 0. The highest BCUT2D eigenvalue weighted by atomic mass is 19.4. The third kappa shape index (κ3) is 3.16. The summed E-state index contributed by atoms with van der Waals surface area (Å²) in [5, 5.41) is 9.21. The van der Waals surface area contributed by atoms with Crippen molar-refractivity contribution < 1.29 is 41.1 Å². The molecule has 1 aliphatic heterocycles. The molecule has 0 saturated heterocycles. The average molecular weight is 327 g/mol. The third-order valence-electron chi connectivity index (χ3n) is 2.75. The van der Waals surface area contributed by atoms with E-state index < -0.39 is 35.6 Å². The number of alkyl halides is 6.